The van der Waals surface area contributed by atoms with Gasteiger partial charge in [-0.2, -0.15) is 0 Å². The van der Waals surface area contributed by atoms with Crippen LogP contribution in [0, 0.1) is 6.92 Å². The zero-order valence-corrected chi connectivity index (χ0v) is 20.4. The molecule has 0 aliphatic heterocycles. The smallest absolute Gasteiger partial charge is 0.376 e. The van der Waals surface area contributed by atoms with Crippen molar-refractivity contribution in [3.05, 3.63) is 29.8 Å². The highest BCUT2D eigenvalue weighted by molar-refractivity contribution is 7.91. The molecule has 0 amide bonds. The van der Waals surface area contributed by atoms with E-state index in [-0.39, 0.29) is 5.75 Å². The third kappa shape index (κ3) is 10.1. The summed E-state index contributed by atoms with van der Waals surface area (Å²) in [6.45, 7) is 12.3. The summed E-state index contributed by atoms with van der Waals surface area (Å²) in [5, 5.41) is 30.0. The van der Waals surface area contributed by atoms with Gasteiger partial charge in [0.2, 0.25) is 0 Å². The fourth-order valence-electron chi connectivity index (χ4n) is 3.42. The lowest BCUT2D eigenvalue weighted by molar-refractivity contribution is 0.277. The average Bonchev–Trinajstić information content (AvgIpc) is 2.68. The van der Waals surface area contributed by atoms with E-state index in [1.165, 1.54) is 0 Å². The van der Waals surface area contributed by atoms with Crippen LogP contribution < -0.4 is 0 Å². The first-order valence-corrected chi connectivity index (χ1v) is 12.7. The van der Waals surface area contributed by atoms with Gasteiger partial charge in [-0.05, 0) is 59.0 Å². The van der Waals surface area contributed by atoms with Crippen molar-refractivity contribution in [3.63, 3.8) is 0 Å². The van der Waals surface area contributed by atoms with Crippen molar-refractivity contribution in [2.24, 2.45) is 0 Å². The summed E-state index contributed by atoms with van der Waals surface area (Å²) in [5.41, 5.74) is 1.01. The zero-order valence-electron chi connectivity index (χ0n) is 19.6. The van der Waals surface area contributed by atoms with Gasteiger partial charge in [0.25, 0.3) is 0 Å². The van der Waals surface area contributed by atoms with Crippen LogP contribution in [-0.2, 0) is 9.84 Å². The van der Waals surface area contributed by atoms with Crippen molar-refractivity contribution in [2.75, 3.05) is 45.0 Å². The summed E-state index contributed by atoms with van der Waals surface area (Å²) < 4.78 is 25.1. The molecule has 0 radical (unpaired) electrons. The lowest BCUT2D eigenvalue weighted by atomic mass is 9.82. The molecular formula is C19H38B3N3O5S. The van der Waals surface area contributed by atoms with Crippen LogP contribution >= 0.6 is 0 Å². The van der Waals surface area contributed by atoms with E-state index in [0.29, 0.717) is 50.6 Å². The molecule has 0 unspecified atom stereocenters. The Morgan fingerprint density at radius 3 is 1.61 bits per heavy atom. The molecule has 174 valence electrons. The molecule has 0 saturated carbocycles. The molecule has 1 aromatic carbocycles. The predicted molar refractivity (Wildman–Crippen MR) is 130 cm³/mol. The molecule has 0 fully saturated rings. The van der Waals surface area contributed by atoms with E-state index >= 15 is 0 Å². The second-order valence-electron chi connectivity index (χ2n) is 8.08. The third-order valence-electron chi connectivity index (χ3n) is 5.58. The predicted octanol–water partition coefficient (Wildman–Crippen LogP) is 0.416. The van der Waals surface area contributed by atoms with Crippen molar-refractivity contribution in [1.29, 1.82) is 0 Å². The lowest BCUT2D eigenvalue weighted by Crippen LogP contribution is -2.50. The first kappa shape index (κ1) is 28.2. The number of hydrogen-bond acceptors (Lipinski definition) is 8. The molecule has 31 heavy (non-hydrogen) atoms. The number of rotatable bonds is 15. The summed E-state index contributed by atoms with van der Waals surface area (Å²) >= 11 is 0. The van der Waals surface area contributed by atoms with Crippen molar-refractivity contribution in [3.8, 4) is 0 Å². The molecule has 0 aromatic heterocycles. The zero-order chi connectivity index (χ0) is 23.6. The van der Waals surface area contributed by atoms with Gasteiger partial charge in [0.1, 0.15) is 0 Å². The van der Waals surface area contributed by atoms with Crippen LogP contribution in [0.25, 0.3) is 0 Å². The van der Waals surface area contributed by atoms with Crippen LogP contribution in [0.2, 0.25) is 20.5 Å². The van der Waals surface area contributed by atoms with Gasteiger partial charge < -0.3 is 29.5 Å². The quantitative estimate of drug-likeness (QED) is 0.329. The molecule has 0 aliphatic rings. The molecule has 3 N–H and O–H groups in total. The molecule has 0 saturated heterocycles. The van der Waals surface area contributed by atoms with Crippen molar-refractivity contribution < 1.29 is 23.5 Å². The van der Waals surface area contributed by atoms with E-state index in [1.54, 1.807) is 44.7 Å². The summed E-state index contributed by atoms with van der Waals surface area (Å²) in [4.78, 5) is 5.91. The van der Waals surface area contributed by atoms with E-state index < -0.39 is 31.0 Å². The van der Waals surface area contributed by atoms with Gasteiger partial charge in [0.15, 0.2) is 9.84 Å². The highest BCUT2D eigenvalue weighted by atomic mass is 32.2. The minimum atomic E-state index is -3.36. The fourth-order valence-corrected chi connectivity index (χ4v) is 4.71. The minimum absolute atomic E-state index is 0.0131. The number of sulfone groups is 1. The van der Waals surface area contributed by atoms with Gasteiger partial charge in [-0.15, -0.1) is 0 Å². The highest BCUT2D eigenvalue weighted by Gasteiger charge is 2.23. The normalized spacial score (nSPS) is 12.1. The fraction of sp³-hybridized carbons (Fsp3) is 0.684. The Morgan fingerprint density at radius 2 is 1.19 bits per heavy atom. The molecule has 1 aromatic rings. The average molecular weight is 453 g/mol. The van der Waals surface area contributed by atoms with Gasteiger partial charge in [0, 0.05) is 26.2 Å². The topological polar surface area (TPSA) is 105 Å². The molecule has 0 aliphatic carbocycles. The Balaban J connectivity index is 2.59. The Morgan fingerprint density at radius 1 is 0.774 bits per heavy atom. The van der Waals surface area contributed by atoms with Crippen molar-refractivity contribution >= 4 is 31.0 Å². The largest absolute Gasteiger partial charge is 0.437 e. The Kier molecular flexibility index (Phi) is 12.4. The maximum atomic E-state index is 12.5. The van der Waals surface area contributed by atoms with E-state index in [1.807, 2.05) is 28.3 Å². The third-order valence-corrected chi connectivity index (χ3v) is 7.40. The standard InChI is InChI=1S/C19H38B3N3O5S/c1-6-23(20(3)26)13-14-25(22(5)28)16-15-24(21(4)27)12-7-17-31(29,30)19-10-8-18(2)9-11-19/h8-11,26-28H,6-7,12-17H2,1-5H3. The summed E-state index contributed by atoms with van der Waals surface area (Å²) in [7, 11) is -5.29. The van der Waals surface area contributed by atoms with Gasteiger partial charge in [-0.25, -0.2) is 8.42 Å². The molecule has 0 spiro atoms. The van der Waals surface area contributed by atoms with E-state index in [9.17, 15) is 23.5 Å². The highest BCUT2D eigenvalue weighted by Crippen LogP contribution is 2.13. The van der Waals surface area contributed by atoms with E-state index in [2.05, 4.69) is 0 Å². The maximum Gasteiger partial charge on any atom is 0.376 e. The van der Waals surface area contributed by atoms with Crippen LogP contribution in [0.4, 0.5) is 0 Å². The van der Waals surface area contributed by atoms with Gasteiger partial charge in [0.05, 0.1) is 10.6 Å². The second-order valence-corrected chi connectivity index (χ2v) is 10.2. The Hall–Kier alpha value is -0.875. The minimum Gasteiger partial charge on any atom is -0.437 e. The summed E-state index contributed by atoms with van der Waals surface area (Å²) in [6, 6.07) is 6.84. The molecule has 12 heteroatoms. The first-order valence-electron chi connectivity index (χ1n) is 11.0. The molecule has 8 nitrogen and oxygen atoms in total. The van der Waals surface area contributed by atoms with Gasteiger partial charge >= 0.3 is 21.2 Å². The molecule has 0 heterocycles. The monoisotopic (exact) mass is 453 g/mol. The van der Waals surface area contributed by atoms with E-state index in [0.717, 1.165) is 5.56 Å². The van der Waals surface area contributed by atoms with Crippen LogP contribution in [0.3, 0.4) is 0 Å². The summed E-state index contributed by atoms with van der Waals surface area (Å²) in [6.07, 6.45) is 0.404. The molecule has 1 rings (SSSR count). The lowest BCUT2D eigenvalue weighted by Gasteiger charge is -2.31. The van der Waals surface area contributed by atoms with Gasteiger partial charge in [-0.1, -0.05) is 24.6 Å². The second kappa shape index (κ2) is 13.6. The van der Waals surface area contributed by atoms with Crippen LogP contribution in [0.1, 0.15) is 18.9 Å². The van der Waals surface area contributed by atoms with Crippen molar-refractivity contribution in [2.45, 2.75) is 45.6 Å². The molecule has 0 atom stereocenters. The van der Waals surface area contributed by atoms with Crippen molar-refractivity contribution in [1.82, 2.24) is 14.4 Å². The Labute approximate surface area is 189 Å². The number of likely N-dealkylation sites (N-methyl/N-ethyl adjacent to an activating group) is 1. The van der Waals surface area contributed by atoms with Gasteiger partial charge in [-0.3, -0.25) is 0 Å². The number of aryl methyl sites for hydroxylation is 1. The molecular weight excluding hydrogens is 415 g/mol. The maximum absolute atomic E-state index is 12.5. The SMILES string of the molecule is CCN(CCN(CCN(CCCS(=O)(=O)c1ccc(C)cc1)B(C)O)B(C)O)B(C)O. The van der Waals surface area contributed by atoms with Crippen LogP contribution in [-0.4, -0.2) is 104 Å². The number of nitrogens with zero attached hydrogens (tertiary/aromatic N) is 3. The summed E-state index contributed by atoms with van der Waals surface area (Å²) in [5.74, 6) is 0.0131. The first-order chi connectivity index (χ1) is 14.5. The number of hydrogen-bond donors (Lipinski definition) is 3. The van der Waals surface area contributed by atoms with Crippen LogP contribution in [0.5, 0.6) is 0 Å². The molecule has 0 bridgehead atoms. The Bertz CT molecular complexity index is 736. The number of benzene rings is 1. The van der Waals surface area contributed by atoms with E-state index in [4.69, 9.17) is 0 Å². The van der Waals surface area contributed by atoms with Crippen LogP contribution in [0.15, 0.2) is 29.2 Å².